The van der Waals surface area contributed by atoms with Gasteiger partial charge in [0, 0.05) is 23.6 Å². The molecule has 0 aliphatic carbocycles. The number of nitrogens with one attached hydrogen (secondary N) is 1. The fraction of sp³-hybridized carbons (Fsp3) is 0.471. The SMILES string of the molecule is CCNc1nc2cc(OC)ccc2cc1COC(C)CC. The minimum atomic E-state index is 0.256. The summed E-state index contributed by atoms with van der Waals surface area (Å²) in [5.74, 6) is 1.71. The predicted octanol–water partition coefficient (Wildman–Crippen LogP) is 3.99. The average molecular weight is 288 g/mol. The van der Waals surface area contributed by atoms with Crippen LogP contribution < -0.4 is 10.1 Å². The van der Waals surface area contributed by atoms with Crippen molar-refractivity contribution in [2.24, 2.45) is 0 Å². The van der Waals surface area contributed by atoms with Crippen LogP contribution in [0.3, 0.4) is 0 Å². The summed E-state index contributed by atoms with van der Waals surface area (Å²) in [4.78, 5) is 4.71. The molecule has 4 heteroatoms. The van der Waals surface area contributed by atoms with E-state index in [4.69, 9.17) is 14.5 Å². The van der Waals surface area contributed by atoms with Gasteiger partial charge in [-0.1, -0.05) is 6.92 Å². The molecule has 21 heavy (non-hydrogen) atoms. The standard InChI is InChI=1S/C17H24N2O2/c1-5-12(3)21-11-14-9-13-7-8-15(20-4)10-16(13)19-17(14)18-6-2/h7-10,12H,5-6,11H2,1-4H3,(H,18,19). The molecule has 1 aromatic heterocycles. The minimum absolute atomic E-state index is 0.256. The van der Waals surface area contributed by atoms with Gasteiger partial charge >= 0.3 is 0 Å². The molecule has 0 saturated heterocycles. The molecular formula is C17H24N2O2. The molecule has 1 heterocycles. The molecular weight excluding hydrogens is 264 g/mol. The zero-order valence-electron chi connectivity index (χ0n) is 13.3. The summed E-state index contributed by atoms with van der Waals surface area (Å²) in [6.45, 7) is 7.69. The van der Waals surface area contributed by atoms with Crippen LogP contribution >= 0.6 is 0 Å². The van der Waals surface area contributed by atoms with Gasteiger partial charge in [0.2, 0.25) is 0 Å². The molecule has 2 rings (SSSR count). The number of ether oxygens (including phenoxy) is 2. The van der Waals surface area contributed by atoms with Crippen LogP contribution in [-0.4, -0.2) is 24.7 Å². The van der Waals surface area contributed by atoms with Gasteiger partial charge in [0.15, 0.2) is 0 Å². The fourth-order valence-electron chi connectivity index (χ4n) is 2.10. The van der Waals surface area contributed by atoms with Crippen molar-refractivity contribution in [3.63, 3.8) is 0 Å². The van der Waals surface area contributed by atoms with Gasteiger partial charge in [0.25, 0.3) is 0 Å². The van der Waals surface area contributed by atoms with Crippen LogP contribution in [-0.2, 0) is 11.3 Å². The summed E-state index contributed by atoms with van der Waals surface area (Å²) in [5.41, 5.74) is 2.02. The quantitative estimate of drug-likeness (QED) is 0.836. The highest BCUT2D eigenvalue weighted by atomic mass is 16.5. The maximum atomic E-state index is 5.85. The van der Waals surface area contributed by atoms with Crippen molar-refractivity contribution in [2.75, 3.05) is 19.0 Å². The first-order valence-electron chi connectivity index (χ1n) is 7.51. The Hall–Kier alpha value is -1.81. The van der Waals surface area contributed by atoms with E-state index in [0.29, 0.717) is 6.61 Å². The molecule has 0 amide bonds. The average Bonchev–Trinajstić information content (AvgIpc) is 2.52. The Morgan fingerprint density at radius 2 is 2.05 bits per heavy atom. The zero-order valence-corrected chi connectivity index (χ0v) is 13.3. The third-order valence-electron chi connectivity index (χ3n) is 3.55. The third kappa shape index (κ3) is 3.85. The summed E-state index contributed by atoms with van der Waals surface area (Å²) in [5, 5.41) is 4.41. The van der Waals surface area contributed by atoms with Gasteiger partial charge < -0.3 is 14.8 Å². The van der Waals surface area contributed by atoms with Gasteiger partial charge in [-0.2, -0.15) is 0 Å². The number of fused-ring (bicyclic) bond motifs is 1. The Labute approximate surface area is 126 Å². The Balaban J connectivity index is 2.35. The molecule has 0 fully saturated rings. The number of nitrogens with zero attached hydrogens (tertiary/aromatic N) is 1. The van der Waals surface area contributed by atoms with Gasteiger partial charge in [0.05, 0.1) is 25.3 Å². The molecule has 0 radical (unpaired) electrons. The van der Waals surface area contributed by atoms with Crippen molar-refractivity contribution in [2.45, 2.75) is 39.9 Å². The minimum Gasteiger partial charge on any atom is -0.497 e. The van der Waals surface area contributed by atoms with Crippen LogP contribution in [0.4, 0.5) is 5.82 Å². The zero-order chi connectivity index (χ0) is 15.2. The second-order valence-electron chi connectivity index (χ2n) is 5.11. The highest BCUT2D eigenvalue weighted by Crippen LogP contribution is 2.25. The predicted molar refractivity (Wildman–Crippen MR) is 87.0 cm³/mol. The van der Waals surface area contributed by atoms with E-state index < -0.39 is 0 Å². The lowest BCUT2D eigenvalue weighted by Crippen LogP contribution is -2.09. The van der Waals surface area contributed by atoms with E-state index in [2.05, 4.69) is 32.2 Å². The largest absolute Gasteiger partial charge is 0.497 e. The summed E-state index contributed by atoms with van der Waals surface area (Å²) < 4.78 is 11.1. The lowest BCUT2D eigenvalue weighted by molar-refractivity contribution is 0.0511. The normalized spacial score (nSPS) is 12.4. The van der Waals surface area contributed by atoms with Crippen LogP contribution in [0.5, 0.6) is 5.75 Å². The summed E-state index contributed by atoms with van der Waals surface area (Å²) in [7, 11) is 1.67. The van der Waals surface area contributed by atoms with Crippen LogP contribution in [0, 0.1) is 0 Å². The smallest absolute Gasteiger partial charge is 0.132 e. The molecule has 0 spiro atoms. The van der Waals surface area contributed by atoms with Crippen LogP contribution in [0.1, 0.15) is 32.8 Å². The van der Waals surface area contributed by atoms with Gasteiger partial charge in [-0.25, -0.2) is 4.98 Å². The molecule has 1 N–H and O–H groups in total. The second-order valence-corrected chi connectivity index (χ2v) is 5.11. The number of pyridine rings is 1. The third-order valence-corrected chi connectivity index (χ3v) is 3.55. The lowest BCUT2D eigenvalue weighted by Gasteiger charge is -2.15. The van der Waals surface area contributed by atoms with Crippen molar-refractivity contribution in [3.8, 4) is 5.75 Å². The molecule has 0 aliphatic heterocycles. The van der Waals surface area contributed by atoms with Crippen LogP contribution in [0.25, 0.3) is 10.9 Å². The van der Waals surface area contributed by atoms with Crippen molar-refractivity contribution >= 4 is 16.7 Å². The molecule has 1 aromatic carbocycles. The van der Waals surface area contributed by atoms with Gasteiger partial charge in [0.1, 0.15) is 11.6 Å². The first-order valence-corrected chi connectivity index (χ1v) is 7.51. The molecule has 2 aromatic rings. The van der Waals surface area contributed by atoms with Gasteiger partial charge in [-0.3, -0.25) is 0 Å². The molecule has 4 nitrogen and oxygen atoms in total. The highest BCUT2D eigenvalue weighted by molar-refractivity contribution is 5.83. The number of anilines is 1. The van der Waals surface area contributed by atoms with E-state index in [1.807, 2.05) is 18.2 Å². The Bertz CT molecular complexity index is 599. The van der Waals surface area contributed by atoms with E-state index in [0.717, 1.165) is 41.0 Å². The molecule has 0 bridgehead atoms. The highest BCUT2D eigenvalue weighted by Gasteiger charge is 2.09. The maximum Gasteiger partial charge on any atom is 0.132 e. The number of hydrogen-bond donors (Lipinski definition) is 1. The Morgan fingerprint density at radius 3 is 2.71 bits per heavy atom. The van der Waals surface area contributed by atoms with E-state index in [1.165, 1.54) is 0 Å². The Morgan fingerprint density at radius 1 is 1.24 bits per heavy atom. The fourth-order valence-corrected chi connectivity index (χ4v) is 2.10. The van der Waals surface area contributed by atoms with E-state index in [9.17, 15) is 0 Å². The van der Waals surface area contributed by atoms with Crippen LogP contribution in [0.15, 0.2) is 24.3 Å². The van der Waals surface area contributed by atoms with E-state index in [-0.39, 0.29) is 6.10 Å². The van der Waals surface area contributed by atoms with Crippen molar-refractivity contribution in [3.05, 3.63) is 29.8 Å². The molecule has 0 aliphatic rings. The molecule has 0 saturated carbocycles. The van der Waals surface area contributed by atoms with Crippen molar-refractivity contribution in [1.29, 1.82) is 0 Å². The summed E-state index contributed by atoms with van der Waals surface area (Å²) in [6, 6.07) is 8.08. The van der Waals surface area contributed by atoms with Gasteiger partial charge in [-0.15, -0.1) is 0 Å². The molecule has 1 unspecified atom stereocenters. The van der Waals surface area contributed by atoms with Crippen LogP contribution in [0.2, 0.25) is 0 Å². The number of methoxy groups -OCH3 is 1. The second kappa shape index (κ2) is 7.27. The lowest BCUT2D eigenvalue weighted by atomic mass is 10.1. The summed E-state index contributed by atoms with van der Waals surface area (Å²) in [6.07, 6.45) is 1.26. The topological polar surface area (TPSA) is 43.4 Å². The van der Waals surface area contributed by atoms with Crippen molar-refractivity contribution in [1.82, 2.24) is 4.98 Å². The number of aromatic nitrogens is 1. The van der Waals surface area contributed by atoms with Gasteiger partial charge in [-0.05, 0) is 38.5 Å². The number of rotatable bonds is 7. The number of benzene rings is 1. The first kappa shape index (κ1) is 15.6. The monoisotopic (exact) mass is 288 g/mol. The Kier molecular flexibility index (Phi) is 5.39. The van der Waals surface area contributed by atoms with Crippen molar-refractivity contribution < 1.29 is 9.47 Å². The maximum absolute atomic E-state index is 5.85. The summed E-state index contributed by atoms with van der Waals surface area (Å²) >= 11 is 0. The van der Waals surface area contributed by atoms with E-state index >= 15 is 0 Å². The first-order chi connectivity index (χ1) is 10.2. The molecule has 114 valence electrons. The van der Waals surface area contributed by atoms with E-state index in [1.54, 1.807) is 7.11 Å². The number of hydrogen-bond acceptors (Lipinski definition) is 4. The molecule has 1 atom stereocenters.